The summed E-state index contributed by atoms with van der Waals surface area (Å²) in [5.74, 6) is -0.892. The molecule has 1 amide bonds. The lowest BCUT2D eigenvalue weighted by Gasteiger charge is -2.27. The number of amides is 1. The lowest BCUT2D eigenvalue weighted by Crippen LogP contribution is -2.41. The smallest absolute Gasteiger partial charge is 0.416 e. The molecule has 3 aromatic rings. The quantitative estimate of drug-likeness (QED) is 0.158. The number of nitrogens with zero attached hydrogens (tertiary/aromatic N) is 2. The van der Waals surface area contributed by atoms with Crippen LogP contribution in [0.1, 0.15) is 79.1 Å². The van der Waals surface area contributed by atoms with Gasteiger partial charge in [0.15, 0.2) is 0 Å². The highest BCUT2D eigenvalue weighted by molar-refractivity contribution is 5.82. The lowest BCUT2D eigenvalue weighted by atomic mass is 9.89. The summed E-state index contributed by atoms with van der Waals surface area (Å²) in [7, 11) is 3.31. The molecule has 2 N–H and O–H groups in total. The number of hydrogen-bond donors (Lipinski definition) is 2. The maximum Gasteiger partial charge on any atom is 0.416 e. The summed E-state index contributed by atoms with van der Waals surface area (Å²) in [4.78, 5) is 40.8. The minimum absolute atomic E-state index is 0.0877. The number of aliphatic carboxylic acids is 1. The molecule has 2 atom stereocenters. The van der Waals surface area contributed by atoms with Crippen LogP contribution in [0.5, 0.6) is 0 Å². The highest BCUT2D eigenvalue weighted by atomic mass is 19.4. The Bertz CT molecular complexity index is 1830. The van der Waals surface area contributed by atoms with Crippen molar-refractivity contribution < 1.29 is 41.0 Å². The van der Waals surface area contributed by atoms with Crippen molar-refractivity contribution in [3.63, 3.8) is 0 Å². The summed E-state index contributed by atoms with van der Waals surface area (Å²) in [5.41, 5.74) is -3.09. The third-order valence-electron chi connectivity index (χ3n) is 7.93. The minimum Gasteiger partial charge on any atom is -0.481 e. The number of pyridine rings is 1. The fourth-order valence-corrected chi connectivity index (χ4v) is 5.81. The zero-order valence-electron chi connectivity index (χ0n) is 28.3. The molecule has 2 unspecified atom stereocenters. The average Bonchev–Trinajstić information content (AvgIpc) is 2.96. The van der Waals surface area contributed by atoms with E-state index < -0.39 is 70.7 Å². The maximum atomic E-state index is 16.5. The summed E-state index contributed by atoms with van der Waals surface area (Å²) >= 11 is 0. The van der Waals surface area contributed by atoms with E-state index in [1.54, 1.807) is 32.8 Å². The first-order valence-corrected chi connectivity index (χ1v) is 15.5. The van der Waals surface area contributed by atoms with Crippen molar-refractivity contribution in [1.29, 1.82) is 0 Å². The number of aromatic nitrogens is 1. The SMILES string of the molecule is CC#Cc1cc(-c2c(C)cc(F)cc2C)c(F)c(C(CC(=O)O)NC(=O)C(CC(C)C)n2cc(CCN(C)C)c(C(F)(F)F)cc2=O)c1F. The zero-order chi connectivity index (χ0) is 37.0. The Morgan fingerprint density at radius 1 is 1.02 bits per heavy atom. The molecule has 264 valence electrons. The van der Waals surface area contributed by atoms with E-state index in [9.17, 15) is 37.1 Å². The summed E-state index contributed by atoms with van der Waals surface area (Å²) in [6, 6.07) is 0.503. The van der Waals surface area contributed by atoms with Gasteiger partial charge in [-0.1, -0.05) is 19.8 Å². The molecule has 0 saturated heterocycles. The molecule has 0 aliphatic carbocycles. The Labute approximate surface area is 280 Å². The highest BCUT2D eigenvalue weighted by Gasteiger charge is 2.36. The number of hydrogen-bond acceptors (Lipinski definition) is 4. The Kier molecular flexibility index (Phi) is 12.5. The van der Waals surface area contributed by atoms with Gasteiger partial charge < -0.3 is 19.9 Å². The second-order valence-electron chi connectivity index (χ2n) is 12.6. The number of carbonyl (C=O) groups is 2. The second kappa shape index (κ2) is 15.8. The second-order valence-corrected chi connectivity index (χ2v) is 12.6. The van der Waals surface area contributed by atoms with Gasteiger partial charge in [0, 0.05) is 29.9 Å². The van der Waals surface area contributed by atoms with Gasteiger partial charge in [0.25, 0.3) is 5.56 Å². The monoisotopic (exact) mass is 691 g/mol. The average molecular weight is 692 g/mol. The van der Waals surface area contributed by atoms with E-state index in [0.717, 1.165) is 29.0 Å². The van der Waals surface area contributed by atoms with Crippen LogP contribution in [-0.2, 0) is 22.2 Å². The molecule has 13 heteroatoms. The van der Waals surface area contributed by atoms with Gasteiger partial charge >= 0.3 is 12.1 Å². The molecule has 0 spiro atoms. The van der Waals surface area contributed by atoms with Crippen LogP contribution in [0.3, 0.4) is 0 Å². The van der Waals surface area contributed by atoms with Crippen molar-refractivity contribution in [2.24, 2.45) is 5.92 Å². The predicted octanol–water partition coefficient (Wildman–Crippen LogP) is 6.96. The molecule has 49 heavy (non-hydrogen) atoms. The number of likely N-dealkylation sites (N-methyl/N-ethyl adjacent to an activating group) is 1. The van der Waals surface area contributed by atoms with E-state index in [2.05, 4.69) is 17.2 Å². The molecule has 7 nitrogen and oxygen atoms in total. The fourth-order valence-electron chi connectivity index (χ4n) is 5.81. The number of aryl methyl sites for hydroxylation is 2. The lowest BCUT2D eigenvalue weighted by molar-refractivity contribution is -0.139. The molecule has 0 aliphatic heterocycles. The molecule has 2 aromatic carbocycles. The topological polar surface area (TPSA) is 91.6 Å². The van der Waals surface area contributed by atoms with E-state index in [4.69, 9.17) is 0 Å². The van der Waals surface area contributed by atoms with Gasteiger partial charge in [0.05, 0.1) is 23.6 Å². The molecule has 0 aliphatic rings. The van der Waals surface area contributed by atoms with Crippen LogP contribution >= 0.6 is 0 Å². The van der Waals surface area contributed by atoms with Gasteiger partial charge in [0.2, 0.25) is 5.91 Å². The number of rotatable bonds is 12. The van der Waals surface area contributed by atoms with Gasteiger partial charge in [-0.2, -0.15) is 13.2 Å². The molecule has 1 heterocycles. The van der Waals surface area contributed by atoms with Crippen molar-refractivity contribution in [1.82, 2.24) is 14.8 Å². The Hall–Kier alpha value is -4.57. The Balaban J connectivity index is 2.26. The standard InChI is InChI=1S/C36H39F6N3O4/c1-8-9-22-15-25(31-20(4)13-24(37)14-21(31)5)34(39)32(33(22)38)27(17-30(47)48)43-35(49)28(12-19(2)3)45-18-23(10-11-44(6)7)26(16-29(45)46)36(40,41)42/h13-16,18-19,27-28H,10-12,17H2,1-7H3,(H,43,49)(H,47,48). The number of benzene rings is 2. The number of carboxylic acids is 1. The van der Waals surface area contributed by atoms with Crippen LogP contribution in [0.25, 0.3) is 11.1 Å². The van der Waals surface area contributed by atoms with Gasteiger partial charge in [-0.25, -0.2) is 13.2 Å². The fraction of sp³-hybridized carbons (Fsp3) is 0.417. The van der Waals surface area contributed by atoms with Gasteiger partial charge in [-0.3, -0.25) is 14.4 Å². The predicted molar refractivity (Wildman–Crippen MR) is 173 cm³/mol. The molecular formula is C36H39F6N3O4. The summed E-state index contributed by atoms with van der Waals surface area (Å²) in [6.45, 7) is 8.01. The largest absolute Gasteiger partial charge is 0.481 e. The number of halogens is 6. The first kappa shape index (κ1) is 38.9. The summed E-state index contributed by atoms with van der Waals surface area (Å²) in [6.07, 6.45) is -5.11. The molecule has 0 saturated carbocycles. The molecule has 0 bridgehead atoms. The van der Waals surface area contributed by atoms with Crippen LogP contribution in [0.15, 0.2) is 35.3 Å². The van der Waals surface area contributed by atoms with Crippen molar-refractivity contribution in [2.45, 2.75) is 72.1 Å². The molecule has 1 aromatic heterocycles. The van der Waals surface area contributed by atoms with E-state index in [1.165, 1.54) is 20.8 Å². The van der Waals surface area contributed by atoms with Crippen LogP contribution < -0.4 is 10.9 Å². The van der Waals surface area contributed by atoms with Crippen molar-refractivity contribution in [2.75, 3.05) is 20.6 Å². The van der Waals surface area contributed by atoms with Crippen LogP contribution in [-0.4, -0.2) is 47.1 Å². The van der Waals surface area contributed by atoms with Crippen molar-refractivity contribution in [3.8, 4) is 23.0 Å². The number of alkyl halides is 3. The zero-order valence-corrected chi connectivity index (χ0v) is 28.3. The first-order valence-electron chi connectivity index (χ1n) is 15.5. The van der Waals surface area contributed by atoms with Crippen LogP contribution in [0, 0.1) is 49.1 Å². The van der Waals surface area contributed by atoms with Crippen molar-refractivity contribution >= 4 is 11.9 Å². The van der Waals surface area contributed by atoms with E-state index in [1.807, 2.05) is 0 Å². The minimum atomic E-state index is -4.86. The van der Waals surface area contributed by atoms with E-state index in [0.29, 0.717) is 17.2 Å². The van der Waals surface area contributed by atoms with E-state index >= 15 is 8.78 Å². The maximum absolute atomic E-state index is 16.5. The summed E-state index contributed by atoms with van der Waals surface area (Å²) in [5, 5.41) is 12.2. The molecule has 0 radical (unpaired) electrons. The van der Waals surface area contributed by atoms with Crippen LogP contribution in [0.2, 0.25) is 0 Å². The van der Waals surface area contributed by atoms with Crippen molar-refractivity contribution in [3.05, 3.63) is 91.6 Å². The van der Waals surface area contributed by atoms with Gasteiger partial charge in [0.1, 0.15) is 23.5 Å². The Morgan fingerprint density at radius 2 is 1.63 bits per heavy atom. The number of carbonyl (C=O) groups excluding carboxylic acids is 1. The third kappa shape index (κ3) is 9.32. The Morgan fingerprint density at radius 3 is 2.14 bits per heavy atom. The molecule has 3 rings (SSSR count). The highest BCUT2D eigenvalue weighted by Crippen LogP contribution is 2.38. The van der Waals surface area contributed by atoms with Crippen LogP contribution in [0.4, 0.5) is 26.3 Å². The van der Waals surface area contributed by atoms with Gasteiger partial charge in [-0.05, 0) is 94.1 Å². The summed E-state index contributed by atoms with van der Waals surface area (Å²) < 4.78 is 89.3. The van der Waals surface area contributed by atoms with Gasteiger partial charge in [-0.15, -0.1) is 5.92 Å². The molecular weight excluding hydrogens is 652 g/mol. The van der Waals surface area contributed by atoms with E-state index in [-0.39, 0.29) is 47.6 Å². The first-order chi connectivity index (χ1) is 22.8. The molecule has 0 fully saturated rings. The number of nitrogens with one attached hydrogen (secondary N) is 1. The number of carboxylic acid groups (broad SMARTS) is 1. The normalized spacial score (nSPS) is 12.9. The third-order valence-corrected chi connectivity index (χ3v) is 7.93.